The van der Waals surface area contributed by atoms with E-state index in [0.29, 0.717) is 5.56 Å². The minimum Gasteiger partial charge on any atom is -0.508 e. The zero-order valence-corrected chi connectivity index (χ0v) is 11.0. The number of aromatic hydroxyl groups is 1. The molecule has 1 atom stereocenters. The van der Waals surface area contributed by atoms with Gasteiger partial charge in [0.05, 0.1) is 6.61 Å². The Bertz CT molecular complexity index is 448. The number of ether oxygens (including phenoxy) is 1. The van der Waals surface area contributed by atoms with Gasteiger partial charge in [-0.25, -0.2) is 0 Å². The number of phenols is 1. The van der Waals surface area contributed by atoms with Crippen LogP contribution in [0.5, 0.6) is 5.75 Å². The average molecular weight is 266 g/mol. The number of phenolic OH excluding ortho intramolecular Hbond substituents is 1. The molecule has 1 aromatic rings. The number of amides is 2. The Morgan fingerprint density at radius 3 is 2.63 bits per heavy atom. The van der Waals surface area contributed by atoms with E-state index in [1.165, 1.54) is 14.0 Å². The summed E-state index contributed by atoms with van der Waals surface area (Å²) in [4.78, 5) is 22.8. The van der Waals surface area contributed by atoms with Crippen LogP contribution in [0, 0.1) is 0 Å². The van der Waals surface area contributed by atoms with Gasteiger partial charge in [-0.1, -0.05) is 18.2 Å². The van der Waals surface area contributed by atoms with Gasteiger partial charge in [0, 0.05) is 26.1 Å². The Kier molecular flexibility index (Phi) is 5.81. The number of rotatable bonds is 6. The molecule has 0 unspecified atom stereocenters. The molecule has 0 aliphatic heterocycles. The largest absolute Gasteiger partial charge is 0.508 e. The zero-order valence-electron chi connectivity index (χ0n) is 11.0. The van der Waals surface area contributed by atoms with Crippen LogP contribution in [0.25, 0.3) is 0 Å². The van der Waals surface area contributed by atoms with E-state index in [1.807, 2.05) is 0 Å². The number of hydrogen-bond acceptors (Lipinski definition) is 4. The van der Waals surface area contributed by atoms with E-state index in [-0.39, 0.29) is 30.7 Å². The number of nitrogens with one attached hydrogen (secondary N) is 2. The lowest BCUT2D eigenvalue weighted by atomic mass is 10.2. The number of benzene rings is 1. The van der Waals surface area contributed by atoms with Crippen molar-refractivity contribution in [3.05, 3.63) is 29.8 Å². The fourth-order valence-electron chi connectivity index (χ4n) is 1.56. The second kappa shape index (κ2) is 7.38. The van der Waals surface area contributed by atoms with Crippen molar-refractivity contribution in [3.8, 4) is 5.75 Å². The quantitative estimate of drug-likeness (QED) is 0.684. The Morgan fingerprint density at radius 1 is 1.37 bits per heavy atom. The summed E-state index contributed by atoms with van der Waals surface area (Å²) < 4.78 is 4.88. The minimum absolute atomic E-state index is 0.0895. The van der Waals surface area contributed by atoms with Crippen LogP contribution >= 0.6 is 0 Å². The molecule has 19 heavy (non-hydrogen) atoms. The van der Waals surface area contributed by atoms with Crippen molar-refractivity contribution in [2.24, 2.45) is 0 Å². The topological polar surface area (TPSA) is 87.7 Å². The van der Waals surface area contributed by atoms with Gasteiger partial charge < -0.3 is 20.5 Å². The van der Waals surface area contributed by atoms with Gasteiger partial charge in [0.15, 0.2) is 0 Å². The molecule has 1 aromatic carbocycles. The van der Waals surface area contributed by atoms with Crippen molar-refractivity contribution in [2.45, 2.75) is 19.5 Å². The summed E-state index contributed by atoms with van der Waals surface area (Å²) in [5.74, 6) is -0.550. The highest BCUT2D eigenvalue weighted by Crippen LogP contribution is 2.14. The predicted octanol–water partition coefficient (Wildman–Crippen LogP) is 0.160. The predicted molar refractivity (Wildman–Crippen MR) is 69.4 cm³/mol. The van der Waals surface area contributed by atoms with Gasteiger partial charge in [0.25, 0.3) is 0 Å². The highest BCUT2D eigenvalue weighted by atomic mass is 16.5. The molecule has 0 aromatic heterocycles. The van der Waals surface area contributed by atoms with E-state index in [4.69, 9.17) is 4.74 Å². The Morgan fingerprint density at radius 2 is 2.05 bits per heavy atom. The van der Waals surface area contributed by atoms with Crippen molar-refractivity contribution >= 4 is 11.8 Å². The SMILES string of the molecule is COC[C@@H](NC(C)=O)C(=O)NCc1ccccc1O. The van der Waals surface area contributed by atoms with Crippen LogP contribution in [0.1, 0.15) is 12.5 Å². The lowest BCUT2D eigenvalue weighted by molar-refractivity contribution is -0.129. The van der Waals surface area contributed by atoms with E-state index < -0.39 is 6.04 Å². The summed E-state index contributed by atoms with van der Waals surface area (Å²) >= 11 is 0. The van der Waals surface area contributed by atoms with Crippen LogP contribution in [-0.4, -0.2) is 36.7 Å². The maximum atomic E-state index is 11.9. The summed E-state index contributed by atoms with van der Waals surface area (Å²) in [6.45, 7) is 1.61. The van der Waals surface area contributed by atoms with Crippen LogP contribution in [0.3, 0.4) is 0 Å². The first-order chi connectivity index (χ1) is 9.04. The second-order valence-corrected chi connectivity index (χ2v) is 4.05. The summed E-state index contributed by atoms with van der Waals surface area (Å²) in [7, 11) is 1.45. The molecule has 3 N–H and O–H groups in total. The summed E-state index contributed by atoms with van der Waals surface area (Å²) in [5, 5.41) is 14.7. The van der Waals surface area contributed by atoms with Crippen molar-refractivity contribution < 1.29 is 19.4 Å². The Hall–Kier alpha value is -2.08. The van der Waals surface area contributed by atoms with Crippen LogP contribution in [-0.2, 0) is 20.9 Å². The number of para-hydroxylation sites is 1. The molecule has 0 bridgehead atoms. The monoisotopic (exact) mass is 266 g/mol. The first-order valence-electron chi connectivity index (χ1n) is 5.85. The molecule has 0 saturated carbocycles. The van der Waals surface area contributed by atoms with Gasteiger partial charge in [0.1, 0.15) is 11.8 Å². The molecule has 0 aliphatic rings. The summed E-state index contributed by atoms with van der Waals surface area (Å²) in [6, 6.07) is 5.97. The number of methoxy groups -OCH3 is 1. The highest BCUT2D eigenvalue weighted by Gasteiger charge is 2.19. The smallest absolute Gasteiger partial charge is 0.245 e. The van der Waals surface area contributed by atoms with E-state index >= 15 is 0 Å². The van der Waals surface area contributed by atoms with Crippen molar-refractivity contribution in [1.29, 1.82) is 0 Å². The molecule has 0 spiro atoms. The van der Waals surface area contributed by atoms with Crippen LogP contribution < -0.4 is 10.6 Å². The summed E-state index contributed by atoms with van der Waals surface area (Å²) in [5.41, 5.74) is 0.606. The van der Waals surface area contributed by atoms with Crippen molar-refractivity contribution in [3.63, 3.8) is 0 Å². The second-order valence-electron chi connectivity index (χ2n) is 4.05. The van der Waals surface area contributed by atoms with E-state index in [2.05, 4.69) is 10.6 Å². The van der Waals surface area contributed by atoms with Crippen molar-refractivity contribution in [2.75, 3.05) is 13.7 Å². The molecule has 0 aliphatic carbocycles. The maximum absolute atomic E-state index is 11.9. The molecule has 1 rings (SSSR count). The molecule has 0 fully saturated rings. The highest BCUT2D eigenvalue weighted by molar-refractivity contribution is 5.86. The van der Waals surface area contributed by atoms with Gasteiger partial charge in [-0.05, 0) is 6.07 Å². The van der Waals surface area contributed by atoms with E-state index in [1.54, 1.807) is 24.3 Å². The van der Waals surface area contributed by atoms with Crippen molar-refractivity contribution in [1.82, 2.24) is 10.6 Å². The lowest BCUT2D eigenvalue weighted by Gasteiger charge is -2.16. The molecule has 6 nitrogen and oxygen atoms in total. The Labute approximate surface area is 111 Å². The van der Waals surface area contributed by atoms with Gasteiger partial charge in [-0.2, -0.15) is 0 Å². The van der Waals surface area contributed by atoms with E-state index in [9.17, 15) is 14.7 Å². The number of carbonyl (C=O) groups excluding carboxylic acids is 2. The Balaban J connectivity index is 2.57. The van der Waals surface area contributed by atoms with Gasteiger partial charge >= 0.3 is 0 Å². The molecule has 0 radical (unpaired) electrons. The molecular weight excluding hydrogens is 248 g/mol. The standard InChI is InChI=1S/C13H18N2O4/c1-9(16)15-11(8-19-2)13(18)14-7-10-5-3-4-6-12(10)17/h3-6,11,17H,7-8H2,1-2H3,(H,14,18)(H,15,16)/t11-/m1/s1. The zero-order chi connectivity index (χ0) is 14.3. The van der Waals surface area contributed by atoms with Gasteiger partial charge in [-0.15, -0.1) is 0 Å². The third-order valence-corrected chi connectivity index (χ3v) is 2.47. The molecule has 6 heteroatoms. The first-order valence-corrected chi connectivity index (χ1v) is 5.85. The molecule has 2 amide bonds. The normalized spacial score (nSPS) is 11.7. The first kappa shape index (κ1) is 15.0. The summed E-state index contributed by atoms with van der Waals surface area (Å²) in [6.07, 6.45) is 0. The lowest BCUT2D eigenvalue weighted by Crippen LogP contribution is -2.48. The molecule has 0 heterocycles. The third-order valence-electron chi connectivity index (χ3n) is 2.47. The molecule has 104 valence electrons. The van der Waals surface area contributed by atoms with Crippen LogP contribution in [0.2, 0.25) is 0 Å². The number of hydrogen-bond donors (Lipinski definition) is 3. The molecular formula is C13H18N2O4. The fraction of sp³-hybridized carbons (Fsp3) is 0.385. The maximum Gasteiger partial charge on any atom is 0.245 e. The van der Waals surface area contributed by atoms with Gasteiger partial charge in [0.2, 0.25) is 11.8 Å². The van der Waals surface area contributed by atoms with Gasteiger partial charge in [-0.3, -0.25) is 9.59 Å². The number of carbonyl (C=O) groups is 2. The average Bonchev–Trinajstić information content (AvgIpc) is 2.36. The fourth-order valence-corrected chi connectivity index (χ4v) is 1.56. The third kappa shape index (κ3) is 4.97. The molecule has 0 saturated heterocycles. The van der Waals surface area contributed by atoms with Crippen LogP contribution in [0.15, 0.2) is 24.3 Å². The van der Waals surface area contributed by atoms with Crippen LogP contribution in [0.4, 0.5) is 0 Å². The minimum atomic E-state index is -0.742. The van der Waals surface area contributed by atoms with E-state index in [0.717, 1.165) is 0 Å².